The Bertz CT molecular complexity index is 575. The van der Waals surface area contributed by atoms with Gasteiger partial charge in [-0.2, -0.15) is 0 Å². The van der Waals surface area contributed by atoms with Crippen LogP contribution in [0.2, 0.25) is 0 Å². The van der Waals surface area contributed by atoms with E-state index in [9.17, 15) is 4.79 Å². The van der Waals surface area contributed by atoms with E-state index in [1.807, 2.05) is 18.4 Å². The molecule has 2 heteroatoms. The minimum Gasteiger partial charge on any atom is -0.307 e. The number of Topliss-reactive ketones (excluding diaryl/α,β-unsaturated/α-hetero) is 1. The van der Waals surface area contributed by atoms with Crippen molar-refractivity contribution in [1.29, 1.82) is 0 Å². The molecule has 1 saturated carbocycles. The van der Waals surface area contributed by atoms with Crippen molar-refractivity contribution in [1.82, 2.24) is 0 Å². The molecule has 0 N–H and O–H groups in total. The summed E-state index contributed by atoms with van der Waals surface area (Å²) in [5, 5.41) is 0. The van der Waals surface area contributed by atoms with E-state index in [0.717, 1.165) is 24.7 Å². The van der Waals surface area contributed by atoms with Crippen LogP contribution in [-0.2, 0) is 9.59 Å². The highest BCUT2D eigenvalue weighted by molar-refractivity contribution is 5.75. The van der Waals surface area contributed by atoms with Gasteiger partial charge in [-0.05, 0) is 81.0 Å². The van der Waals surface area contributed by atoms with E-state index in [1.54, 1.807) is 12.5 Å². The van der Waals surface area contributed by atoms with Crippen LogP contribution in [0.25, 0.3) is 0 Å². The van der Waals surface area contributed by atoms with Gasteiger partial charge in [0.15, 0.2) is 0 Å². The van der Waals surface area contributed by atoms with E-state index in [1.165, 1.54) is 64.2 Å². The van der Waals surface area contributed by atoms with Crippen LogP contribution in [0.1, 0.15) is 112 Å². The fourth-order valence-corrected chi connectivity index (χ4v) is 6.14. The molecule has 0 heterocycles. The molecule has 1 fully saturated rings. The molecule has 0 saturated heterocycles. The first-order chi connectivity index (χ1) is 13.8. The van der Waals surface area contributed by atoms with Crippen molar-refractivity contribution >= 4 is 12.6 Å². The van der Waals surface area contributed by atoms with Crippen molar-refractivity contribution in [2.75, 3.05) is 0 Å². The highest BCUT2D eigenvalue weighted by Gasteiger charge is 2.50. The number of hydrogen-bond acceptors (Lipinski definition) is 2. The Balaban J connectivity index is 0.000000454. The highest BCUT2D eigenvalue weighted by atomic mass is 16.1. The van der Waals surface area contributed by atoms with Gasteiger partial charge in [-0.15, -0.1) is 6.58 Å². The van der Waals surface area contributed by atoms with Crippen LogP contribution in [0.4, 0.5) is 0 Å². The molecule has 3 aliphatic carbocycles. The van der Waals surface area contributed by atoms with Crippen molar-refractivity contribution in [2.45, 2.75) is 112 Å². The van der Waals surface area contributed by atoms with Gasteiger partial charge in [-0.1, -0.05) is 64.2 Å². The Morgan fingerprint density at radius 3 is 2.34 bits per heavy atom. The van der Waals surface area contributed by atoms with E-state index < -0.39 is 0 Å². The number of carbonyl (C=O) groups is 2. The maximum Gasteiger partial charge on any atom is 0.129 e. The number of fused-ring (bicyclic) bond motifs is 2. The zero-order chi connectivity index (χ0) is 22.1. The summed E-state index contributed by atoms with van der Waals surface area (Å²) < 4.78 is 0. The summed E-state index contributed by atoms with van der Waals surface area (Å²) in [5.41, 5.74) is 4.41. The lowest BCUT2D eigenvalue weighted by Crippen LogP contribution is -2.40. The number of rotatable bonds is 6. The summed E-state index contributed by atoms with van der Waals surface area (Å²) >= 11 is 0. The van der Waals surface area contributed by atoms with Gasteiger partial charge in [0.05, 0.1) is 0 Å². The number of carbonyl (C=O) groups excluding carboxylic acids is 2. The normalized spacial score (nSPS) is 32.7. The number of allylic oxidation sites excluding steroid dienone is 3. The molecule has 4 unspecified atom stereocenters. The molecule has 0 amide bonds. The molecule has 166 valence electrons. The van der Waals surface area contributed by atoms with Crippen LogP contribution >= 0.6 is 0 Å². The molecule has 0 aromatic carbocycles. The average Bonchev–Trinajstić information content (AvgIpc) is 3.11. The third kappa shape index (κ3) is 5.92. The molecule has 3 rings (SSSR count). The van der Waals surface area contributed by atoms with Crippen molar-refractivity contribution < 1.29 is 9.59 Å². The SMILES string of the molecule is C=CCCCC.C=O.CC(=O)CCC1(C)C2=C(CCC1C)C1(C)CCCC1CC2. The zero-order valence-corrected chi connectivity index (χ0v) is 19.9. The maximum atomic E-state index is 11.5. The molecular formula is C27H46O2. The van der Waals surface area contributed by atoms with Crippen LogP contribution in [0.3, 0.4) is 0 Å². The van der Waals surface area contributed by atoms with Gasteiger partial charge in [-0.25, -0.2) is 0 Å². The van der Waals surface area contributed by atoms with Crippen molar-refractivity contribution in [3.63, 3.8) is 0 Å². The summed E-state index contributed by atoms with van der Waals surface area (Å²) in [6.45, 7) is 17.0. The molecular weight excluding hydrogens is 356 g/mol. The lowest BCUT2D eigenvalue weighted by atomic mass is 9.53. The molecule has 0 aromatic rings. The topological polar surface area (TPSA) is 34.1 Å². The second-order valence-corrected chi connectivity index (χ2v) is 9.99. The molecule has 2 nitrogen and oxygen atoms in total. The Kier molecular flexibility index (Phi) is 10.6. The monoisotopic (exact) mass is 402 g/mol. The van der Waals surface area contributed by atoms with E-state index in [2.05, 4.69) is 34.3 Å². The first-order valence-corrected chi connectivity index (χ1v) is 11.9. The summed E-state index contributed by atoms with van der Waals surface area (Å²) in [4.78, 5) is 19.5. The molecule has 0 aliphatic heterocycles. The van der Waals surface area contributed by atoms with Crippen molar-refractivity contribution in [3.8, 4) is 0 Å². The summed E-state index contributed by atoms with van der Waals surface area (Å²) in [7, 11) is 0. The van der Waals surface area contributed by atoms with Gasteiger partial charge >= 0.3 is 0 Å². The molecule has 0 radical (unpaired) electrons. The summed E-state index contributed by atoms with van der Waals surface area (Å²) in [6, 6.07) is 0. The largest absolute Gasteiger partial charge is 0.307 e. The van der Waals surface area contributed by atoms with Gasteiger partial charge in [-0.3, -0.25) is 0 Å². The predicted molar refractivity (Wildman–Crippen MR) is 125 cm³/mol. The maximum absolute atomic E-state index is 11.5. The van der Waals surface area contributed by atoms with E-state index in [4.69, 9.17) is 4.79 Å². The standard InChI is InChI=1S/C20H32O.C6H12.CH2O/c1-14-7-9-18-17(19(14,3)13-11-15(2)21)10-8-16-6-5-12-20(16,18)4;1-3-5-6-4-2;1-2/h14,16H,5-13H2,1-4H3;3H,1,4-6H2,2H3;1H2. The van der Waals surface area contributed by atoms with Crippen molar-refractivity contribution in [3.05, 3.63) is 23.8 Å². The summed E-state index contributed by atoms with van der Waals surface area (Å²) in [6.07, 6.45) is 17.2. The second-order valence-electron chi connectivity index (χ2n) is 9.99. The number of unbranched alkanes of at least 4 members (excludes halogenated alkanes) is 2. The highest BCUT2D eigenvalue weighted by Crippen LogP contribution is 2.62. The van der Waals surface area contributed by atoms with E-state index >= 15 is 0 Å². The van der Waals surface area contributed by atoms with Crippen LogP contribution in [0, 0.1) is 22.7 Å². The molecule has 0 aromatic heterocycles. The van der Waals surface area contributed by atoms with Crippen LogP contribution < -0.4 is 0 Å². The minimum absolute atomic E-state index is 0.288. The van der Waals surface area contributed by atoms with Crippen LogP contribution in [-0.4, -0.2) is 12.6 Å². The fraction of sp³-hybridized carbons (Fsp3) is 0.778. The minimum atomic E-state index is 0.288. The Hall–Kier alpha value is -1.18. The second kappa shape index (κ2) is 11.9. The number of hydrogen-bond donors (Lipinski definition) is 0. The van der Waals surface area contributed by atoms with Gasteiger partial charge in [0.2, 0.25) is 0 Å². The fourth-order valence-electron chi connectivity index (χ4n) is 6.14. The third-order valence-corrected chi connectivity index (χ3v) is 8.31. The van der Waals surface area contributed by atoms with E-state index in [0.29, 0.717) is 11.2 Å². The first-order valence-electron chi connectivity index (χ1n) is 11.9. The zero-order valence-electron chi connectivity index (χ0n) is 19.9. The van der Waals surface area contributed by atoms with E-state index in [-0.39, 0.29) is 5.41 Å². The first kappa shape index (κ1) is 25.9. The smallest absolute Gasteiger partial charge is 0.129 e. The van der Waals surface area contributed by atoms with Gasteiger partial charge in [0.25, 0.3) is 0 Å². The van der Waals surface area contributed by atoms with Gasteiger partial charge in [0, 0.05) is 6.42 Å². The average molecular weight is 403 g/mol. The number of ketones is 1. The van der Waals surface area contributed by atoms with Crippen LogP contribution in [0.5, 0.6) is 0 Å². The predicted octanol–water partition coefficient (Wildman–Crippen LogP) is 7.87. The third-order valence-electron chi connectivity index (χ3n) is 8.31. The molecule has 0 spiro atoms. The van der Waals surface area contributed by atoms with Crippen LogP contribution in [0.15, 0.2) is 23.8 Å². The lowest BCUT2D eigenvalue weighted by Gasteiger charge is -2.52. The van der Waals surface area contributed by atoms with Gasteiger partial charge in [0.1, 0.15) is 12.6 Å². The summed E-state index contributed by atoms with van der Waals surface area (Å²) in [5.74, 6) is 2.04. The molecule has 0 bridgehead atoms. The quantitative estimate of drug-likeness (QED) is 0.334. The van der Waals surface area contributed by atoms with Crippen molar-refractivity contribution in [2.24, 2.45) is 22.7 Å². The van der Waals surface area contributed by atoms with Gasteiger partial charge < -0.3 is 9.59 Å². The molecule has 29 heavy (non-hydrogen) atoms. The lowest BCUT2D eigenvalue weighted by molar-refractivity contribution is -0.117. The molecule has 4 atom stereocenters. The Morgan fingerprint density at radius 1 is 1.14 bits per heavy atom. The Morgan fingerprint density at radius 2 is 1.79 bits per heavy atom. The Labute approximate surface area is 180 Å². The molecule has 3 aliphatic rings.